The Morgan fingerprint density at radius 3 is 2.29 bits per heavy atom. The number of benzene rings is 2. The molecule has 0 atom stereocenters. The van der Waals surface area contributed by atoms with Crippen LogP contribution in [0.25, 0.3) is 5.82 Å². The molecule has 2 aromatic carbocycles. The van der Waals surface area contributed by atoms with Crippen molar-refractivity contribution < 1.29 is 9.53 Å². The Bertz CT molecular complexity index is 1030. The van der Waals surface area contributed by atoms with Crippen molar-refractivity contribution in [3.05, 3.63) is 96.8 Å². The maximum absolute atomic E-state index is 12.1. The molecule has 0 radical (unpaired) electrons. The molecule has 1 N–H and O–H groups in total. The number of nitrogens with zero attached hydrogens (tertiary/aromatic N) is 3. The molecule has 4 rings (SSSR count). The highest BCUT2D eigenvalue weighted by molar-refractivity contribution is 5.92. The Balaban J connectivity index is 1.35. The fraction of sp³-hybridized carbons (Fsp3) is 0.0455. The van der Waals surface area contributed by atoms with Gasteiger partial charge in [-0.05, 0) is 48.0 Å². The average Bonchev–Trinajstić information content (AvgIpc) is 3.26. The third-order valence-corrected chi connectivity index (χ3v) is 4.06. The van der Waals surface area contributed by atoms with E-state index in [4.69, 9.17) is 4.74 Å². The van der Waals surface area contributed by atoms with Crippen LogP contribution in [0.1, 0.15) is 5.56 Å². The number of carbonyl (C=O) groups is 1. The summed E-state index contributed by atoms with van der Waals surface area (Å²) in [5, 5.41) is 11.1. The number of aromatic nitrogens is 3. The van der Waals surface area contributed by atoms with Gasteiger partial charge in [0, 0.05) is 24.1 Å². The highest BCUT2D eigenvalue weighted by Crippen LogP contribution is 2.21. The molecule has 0 bridgehead atoms. The summed E-state index contributed by atoms with van der Waals surface area (Å²) >= 11 is 0. The summed E-state index contributed by atoms with van der Waals surface area (Å²) in [7, 11) is 0. The topological polar surface area (TPSA) is 69.0 Å². The van der Waals surface area contributed by atoms with Crippen LogP contribution in [0.4, 0.5) is 5.69 Å². The number of carbonyl (C=O) groups excluding carboxylic acids is 1. The Morgan fingerprint density at radius 2 is 1.61 bits per heavy atom. The SMILES string of the molecule is O=C(Cc1ccccc1)Nc1ccc(Oc2ccc(-n3cccc3)nn2)cc1. The number of nitrogens with one attached hydrogen (secondary N) is 1. The molecule has 0 aliphatic heterocycles. The number of rotatable bonds is 6. The predicted molar refractivity (Wildman–Crippen MR) is 107 cm³/mol. The standard InChI is InChI=1S/C22H18N4O2/c27-21(16-17-6-2-1-3-7-17)23-18-8-10-19(11-9-18)28-22-13-12-20(24-25-22)26-14-4-5-15-26/h1-15H,16H2,(H,23,27). The largest absolute Gasteiger partial charge is 0.438 e. The van der Waals surface area contributed by atoms with Gasteiger partial charge in [0.1, 0.15) is 5.75 Å². The Hall–Kier alpha value is -3.93. The minimum absolute atomic E-state index is 0.0636. The van der Waals surface area contributed by atoms with Crippen LogP contribution in [0.3, 0.4) is 0 Å². The van der Waals surface area contributed by atoms with Crippen molar-refractivity contribution in [1.82, 2.24) is 14.8 Å². The summed E-state index contributed by atoms with van der Waals surface area (Å²) in [6.45, 7) is 0. The second kappa shape index (κ2) is 8.18. The van der Waals surface area contributed by atoms with Crippen LogP contribution in [0.5, 0.6) is 11.6 Å². The molecule has 0 aliphatic carbocycles. The average molecular weight is 370 g/mol. The molecule has 2 heterocycles. The number of ether oxygens (including phenoxy) is 1. The van der Waals surface area contributed by atoms with Crippen LogP contribution in [0.2, 0.25) is 0 Å². The summed E-state index contributed by atoms with van der Waals surface area (Å²) in [5.74, 6) is 1.67. The Labute approximate surface area is 162 Å². The molecule has 0 saturated carbocycles. The molecule has 0 saturated heterocycles. The Morgan fingerprint density at radius 1 is 0.857 bits per heavy atom. The monoisotopic (exact) mass is 370 g/mol. The van der Waals surface area contributed by atoms with Crippen molar-refractivity contribution in [2.45, 2.75) is 6.42 Å². The summed E-state index contributed by atoms with van der Waals surface area (Å²) in [6, 6.07) is 24.2. The van der Waals surface area contributed by atoms with Gasteiger partial charge in [-0.2, -0.15) is 0 Å². The third kappa shape index (κ3) is 4.42. The lowest BCUT2D eigenvalue weighted by molar-refractivity contribution is -0.115. The van der Waals surface area contributed by atoms with Gasteiger partial charge in [-0.1, -0.05) is 30.3 Å². The number of hydrogen-bond donors (Lipinski definition) is 1. The number of amides is 1. The first-order valence-electron chi connectivity index (χ1n) is 8.85. The molecule has 0 fully saturated rings. The molecule has 4 aromatic rings. The van der Waals surface area contributed by atoms with Gasteiger partial charge in [0.2, 0.25) is 11.8 Å². The predicted octanol–water partition coefficient (Wildman–Crippen LogP) is 4.24. The normalized spacial score (nSPS) is 10.4. The fourth-order valence-electron chi connectivity index (χ4n) is 2.71. The van der Waals surface area contributed by atoms with Gasteiger partial charge in [0.25, 0.3) is 0 Å². The molecular weight excluding hydrogens is 352 g/mol. The summed E-state index contributed by atoms with van der Waals surface area (Å²) in [5.41, 5.74) is 1.68. The summed E-state index contributed by atoms with van der Waals surface area (Å²) in [6.07, 6.45) is 4.13. The van der Waals surface area contributed by atoms with Crippen LogP contribution in [-0.2, 0) is 11.2 Å². The minimum Gasteiger partial charge on any atom is -0.438 e. The third-order valence-electron chi connectivity index (χ3n) is 4.06. The highest BCUT2D eigenvalue weighted by atomic mass is 16.5. The lowest BCUT2D eigenvalue weighted by atomic mass is 10.1. The van der Waals surface area contributed by atoms with Crippen LogP contribution < -0.4 is 10.1 Å². The van der Waals surface area contributed by atoms with Crippen molar-refractivity contribution in [1.29, 1.82) is 0 Å². The number of anilines is 1. The van der Waals surface area contributed by atoms with Gasteiger partial charge in [0.15, 0.2) is 5.82 Å². The second-order valence-corrected chi connectivity index (χ2v) is 6.16. The van der Waals surface area contributed by atoms with Gasteiger partial charge >= 0.3 is 0 Å². The summed E-state index contributed by atoms with van der Waals surface area (Å²) in [4.78, 5) is 12.1. The minimum atomic E-state index is -0.0636. The van der Waals surface area contributed by atoms with Gasteiger partial charge in [-0.3, -0.25) is 4.79 Å². The van der Waals surface area contributed by atoms with E-state index in [9.17, 15) is 4.79 Å². The van der Waals surface area contributed by atoms with Gasteiger partial charge in [0.05, 0.1) is 6.42 Å². The molecule has 138 valence electrons. The van der Waals surface area contributed by atoms with Crippen molar-refractivity contribution in [3.63, 3.8) is 0 Å². The first-order valence-corrected chi connectivity index (χ1v) is 8.85. The quantitative estimate of drug-likeness (QED) is 0.551. The molecule has 0 spiro atoms. The zero-order valence-electron chi connectivity index (χ0n) is 15.0. The van der Waals surface area contributed by atoms with E-state index in [1.165, 1.54) is 0 Å². The van der Waals surface area contributed by atoms with Crippen molar-refractivity contribution >= 4 is 11.6 Å². The van der Waals surface area contributed by atoms with Gasteiger partial charge < -0.3 is 14.6 Å². The summed E-state index contributed by atoms with van der Waals surface area (Å²) < 4.78 is 7.58. The Kier molecular flexibility index (Phi) is 5.11. The van der Waals surface area contributed by atoms with E-state index in [1.54, 1.807) is 30.3 Å². The molecule has 0 aliphatic rings. The fourth-order valence-corrected chi connectivity index (χ4v) is 2.71. The zero-order valence-corrected chi connectivity index (χ0v) is 15.0. The first-order chi connectivity index (χ1) is 13.8. The van der Waals surface area contributed by atoms with Crippen molar-refractivity contribution in [2.24, 2.45) is 0 Å². The maximum Gasteiger partial charge on any atom is 0.238 e. The van der Waals surface area contributed by atoms with Crippen LogP contribution in [-0.4, -0.2) is 20.7 Å². The van der Waals surface area contributed by atoms with E-state index in [-0.39, 0.29) is 5.91 Å². The molecule has 6 nitrogen and oxygen atoms in total. The van der Waals surface area contributed by atoms with Crippen LogP contribution in [0.15, 0.2) is 91.3 Å². The highest BCUT2D eigenvalue weighted by Gasteiger charge is 2.05. The molecular formula is C22H18N4O2. The lowest BCUT2D eigenvalue weighted by Gasteiger charge is -2.08. The molecule has 1 amide bonds. The van der Waals surface area contributed by atoms with Gasteiger partial charge in [-0.15, -0.1) is 10.2 Å². The molecule has 2 aromatic heterocycles. The van der Waals surface area contributed by atoms with E-state index in [1.807, 2.05) is 65.5 Å². The number of hydrogen-bond acceptors (Lipinski definition) is 4. The lowest BCUT2D eigenvalue weighted by Crippen LogP contribution is -2.14. The smallest absolute Gasteiger partial charge is 0.238 e. The van der Waals surface area contributed by atoms with Crippen molar-refractivity contribution in [2.75, 3.05) is 5.32 Å². The molecule has 6 heteroatoms. The van der Waals surface area contributed by atoms with E-state index in [0.717, 1.165) is 5.56 Å². The van der Waals surface area contributed by atoms with Crippen molar-refractivity contribution in [3.8, 4) is 17.4 Å². The van der Waals surface area contributed by atoms with Gasteiger partial charge in [-0.25, -0.2) is 0 Å². The van der Waals surface area contributed by atoms with E-state index in [0.29, 0.717) is 29.6 Å². The maximum atomic E-state index is 12.1. The van der Waals surface area contributed by atoms with Crippen LogP contribution >= 0.6 is 0 Å². The van der Waals surface area contributed by atoms with E-state index < -0.39 is 0 Å². The molecule has 0 unspecified atom stereocenters. The van der Waals surface area contributed by atoms with E-state index >= 15 is 0 Å². The van der Waals surface area contributed by atoms with Crippen LogP contribution in [0, 0.1) is 0 Å². The first kappa shape index (κ1) is 17.5. The van der Waals surface area contributed by atoms with E-state index in [2.05, 4.69) is 15.5 Å². The second-order valence-electron chi connectivity index (χ2n) is 6.16. The molecule has 28 heavy (non-hydrogen) atoms. The zero-order chi connectivity index (χ0) is 19.2.